The van der Waals surface area contributed by atoms with E-state index in [-0.39, 0.29) is 37.1 Å². The third-order valence-electron chi connectivity index (χ3n) is 7.27. The fourth-order valence-corrected chi connectivity index (χ4v) is 6.67. The highest BCUT2D eigenvalue weighted by Crippen LogP contribution is 2.41. The van der Waals surface area contributed by atoms with Crippen LogP contribution in [-0.4, -0.2) is 72.8 Å². The number of pyridine rings is 1. The van der Waals surface area contributed by atoms with Crippen LogP contribution < -0.4 is 4.74 Å². The van der Waals surface area contributed by atoms with Crippen molar-refractivity contribution in [3.63, 3.8) is 0 Å². The second-order valence-corrected chi connectivity index (χ2v) is 12.7. The molecule has 0 aliphatic carbocycles. The van der Waals surface area contributed by atoms with E-state index in [1.54, 1.807) is 25.3 Å². The average Bonchev–Trinajstić information content (AvgIpc) is 2.88. The van der Waals surface area contributed by atoms with Crippen molar-refractivity contribution >= 4 is 15.9 Å². The minimum Gasteiger partial charge on any atom is -0.487 e. The molecule has 0 bridgehead atoms. The number of aryl methyl sites for hydroxylation is 1. The molecule has 1 aromatic heterocycles. The van der Waals surface area contributed by atoms with Crippen molar-refractivity contribution in [2.24, 2.45) is 5.92 Å². The lowest BCUT2D eigenvalue weighted by atomic mass is 9.83. The van der Waals surface area contributed by atoms with Crippen molar-refractivity contribution in [3.8, 4) is 17.0 Å². The first kappa shape index (κ1) is 29.1. The van der Waals surface area contributed by atoms with E-state index in [1.807, 2.05) is 18.2 Å². The standard InChI is InChI=1S/C27H33F3N2O6S/c1-18(15-33)16-39(35,36)17-20-3-5-23(31-14-20)21-4-6-24-22(13-21)7-8-26(38-24)9-11-32(12-10-26)25(34)37-19(2)27(28,29)30/h3-6,13-14,18-19,33H,7-12,15-17H2,1-2H3/t18?,19-/m0/s1. The SMILES string of the molecule is CC(CO)CS(=O)(=O)Cc1ccc(-c2ccc3c(c2)CCC2(CCN(C(=O)O[C@@H](C)C(F)(F)F)CC2)O3)nc1. The van der Waals surface area contributed by atoms with Crippen molar-refractivity contribution < 1.29 is 41.0 Å². The van der Waals surface area contributed by atoms with E-state index in [4.69, 9.17) is 9.84 Å². The fraction of sp³-hybridized carbons (Fsp3) is 0.556. The van der Waals surface area contributed by atoms with Gasteiger partial charge in [0.25, 0.3) is 0 Å². The number of fused-ring (bicyclic) bond motifs is 1. The molecule has 2 aliphatic rings. The molecule has 8 nitrogen and oxygen atoms in total. The number of benzene rings is 1. The number of aliphatic hydroxyl groups excluding tert-OH is 1. The van der Waals surface area contributed by atoms with Crippen LogP contribution in [0, 0.1) is 5.92 Å². The number of carbonyl (C=O) groups excluding carboxylic acids is 1. The molecule has 39 heavy (non-hydrogen) atoms. The number of sulfone groups is 1. The fourth-order valence-electron chi connectivity index (χ4n) is 4.90. The summed E-state index contributed by atoms with van der Waals surface area (Å²) in [6.07, 6.45) is -3.74. The zero-order valence-electron chi connectivity index (χ0n) is 21.9. The molecule has 1 unspecified atom stereocenters. The molecule has 3 heterocycles. The normalized spacial score (nSPS) is 18.7. The minimum atomic E-state index is -4.60. The Morgan fingerprint density at radius 2 is 1.90 bits per heavy atom. The number of likely N-dealkylation sites (tertiary alicyclic amines) is 1. The first-order valence-corrected chi connectivity index (χ1v) is 14.7. The molecule has 0 radical (unpaired) electrons. The molecule has 12 heteroatoms. The molecular formula is C27H33F3N2O6S. The Hall–Kier alpha value is -2.86. The van der Waals surface area contributed by atoms with Gasteiger partial charge in [0.15, 0.2) is 15.9 Å². The van der Waals surface area contributed by atoms with Crippen molar-refractivity contribution in [2.45, 2.75) is 63.2 Å². The molecule has 1 N–H and O–H groups in total. The van der Waals surface area contributed by atoms with Crippen LogP contribution in [0.4, 0.5) is 18.0 Å². The Bertz CT molecular complexity index is 1280. The van der Waals surface area contributed by atoms with Gasteiger partial charge in [-0.05, 0) is 61.1 Å². The van der Waals surface area contributed by atoms with Crippen LogP contribution in [0.3, 0.4) is 0 Å². The van der Waals surface area contributed by atoms with Gasteiger partial charge in [-0.2, -0.15) is 13.2 Å². The van der Waals surface area contributed by atoms with Crippen LogP contribution in [0.15, 0.2) is 36.5 Å². The summed E-state index contributed by atoms with van der Waals surface area (Å²) < 4.78 is 73.7. The summed E-state index contributed by atoms with van der Waals surface area (Å²) >= 11 is 0. The van der Waals surface area contributed by atoms with Crippen LogP contribution in [0.2, 0.25) is 0 Å². The number of halogens is 3. The number of hydrogen-bond acceptors (Lipinski definition) is 7. The number of nitrogens with zero attached hydrogens (tertiary/aromatic N) is 2. The summed E-state index contributed by atoms with van der Waals surface area (Å²) in [5, 5.41) is 9.13. The Labute approximate surface area is 226 Å². The summed E-state index contributed by atoms with van der Waals surface area (Å²) in [5.41, 5.74) is 2.66. The van der Waals surface area contributed by atoms with Gasteiger partial charge in [-0.15, -0.1) is 0 Å². The van der Waals surface area contributed by atoms with E-state index >= 15 is 0 Å². The minimum absolute atomic E-state index is 0.0864. The summed E-state index contributed by atoms with van der Waals surface area (Å²) in [6.45, 7) is 2.82. The van der Waals surface area contributed by atoms with Gasteiger partial charge in [0.05, 0.1) is 17.2 Å². The second-order valence-electron chi connectivity index (χ2n) is 10.6. The Morgan fingerprint density at radius 3 is 2.51 bits per heavy atom. The molecule has 1 fully saturated rings. The lowest BCUT2D eigenvalue weighted by Crippen LogP contribution is -2.52. The van der Waals surface area contributed by atoms with Gasteiger partial charge in [-0.3, -0.25) is 4.98 Å². The first-order valence-electron chi connectivity index (χ1n) is 12.9. The number of rotatable bonds is 7. The van der Waals surface area contributed by atoms with Crippen molar-refractivity contribution in [3.05, 3.63) is 47.7 Å². The van der Waals surface area contributed by atoms with Gasteiger partial charge in [-0.25, -0.2) is 13.2 Å². The molecule has 0 saturated carbocycles. The molecule has 214 valence electrons. The zero-order valence-corrected chi connectivity index (χ0v) is 22.7. The van der Waals surface area contributed by atoms with Crippen molar-refractivity contribution in [1.29, 1.82) is 0 Å². The molecule has 2 aliphatic heterocycles. The van der Waals surface area contributed by atoms with Crippen LogP contribution in [0.25, 0.3) is 11.3 Å². The van der Waals surface area contributed by atoms with E-state index in [0.29, 0.717) is 30.5 Å². The monoisotopic (exact) mass is 570 g/mol. The number of aliphatic hydroxyl groups is 1. The van der Waals surface area contributed by atoms with Crippen molar-refractivity contribution in [2.75, 3.05) is 25.4 Å². The van der Waals surface area contributed by atoms with Gasteiger partial charge >= 0.3 is 12.3 Å². The quantitative estimate of drug-likeness (QED) is 0.521. The maximum absolute atomic E-state index is 12.7. The topological polar surface area (TPSA) is 106 Å². The molecule has 1 amide bonds. The number of piperidine rings is 1. The van der Waals surface area contributed by atoms with E-state index in [9.17, 15) is 26.4 Å². The molecule has 2 aromatic rings. The molecule has 1 saturated heterocycles. The van der Waals surface area contributed by atoms with E-state index in [1.165, 1.54) is 4.90 Å². The highest BCUT2D eigenvalue weighted by atomic mass is 32.2. The second kappa shape index (κ2) is 11.3. The molecule has 1 spiro atoms. The number of carbonyl (C=O) groups is 1. The van der Waals surface area contributed by atoms with Crippen LogP contribution in [0.1, 0.15) is 44.2 Å². The average molecular weight is 571 g/mol. The lowest BCUT2D eigenvalue weighted by Gasteiger charge is -2.44. The largest absolute Gasteiger partial charge is 0.487 e. The summed E-state index contributed by atoms with van der Waals surface area (Å²) in [4.78, 5) is 17.9. The number of aromatic nitrogens is 1. The molecule has 1 aromatic carbocycles. The third kappa shape index (κ3) is 7.21. The molecule has 2 atom stereocenters. The van der Waals surface area contributed by atoms with E-state index < -0.39 is 33.8 Å². The van der Waals surface area contributed by atoms with Gasteiger partial charge in [0.2, 0.25) is 0 Å². The summed E-state index contributed by atoms with van der Waals surface area (Å²) in [7, 11) is -3.36. The maximum Gasteiger partial charge on any atom is 0.425 e. The number of ether oxygens (including phenoxy) is 2. The smallest absolute Gasteiger partial charge is 0.425 e. The van der Waals surface area contributed by atoms with Gasteiger partial charge < -0.3 is 19.5 Å². The van der Waals surface area contributed by atoms with E-state index in [0.717, 1.165) is 30.2 Å². The summed E-state index contributed by atoms with van der Waals surface area (Å²) in [6, 6.07) is 9.26. The van der Waals surface area contributed by atoms with Crippen LogP contribution in [0.5, 0.6) is 5.75 Å². The van der Waals surface area contributed by atoms with Gasteiger partial charge in [0, 0.05) is 44.3 Å². The predicted octanol–water partition coefficient (Wildman–Crippen LogP) is 4.54. The number of amides is 1. The number of alkyl halides is 3. The van der Waals surface area contributed by atoms with Crippen LogP contribution >= 0.6 is 0 Å². The molecule has 4 rings (SSSR count). The Morgan fingerprint density at radius 1 is 1.18 bits per heavy atom. The highest BCUT2D eigenvalue weighted by molar-refractivity contribution is 7.90. The van der Waals surface area contributed by atoms with Gasteiger partial charge in [-0.1, -0.05) is 13.0 Å². The zero-order chi connectivity index (χ0) is 28.4. The Balaban J connectivity index is 1.36. The lowest BCUT2D eigenvalue weighted by molar-refractivity contribution is -0.200. The predicted molar refractivity (Wildman–Crippen MR) is 138 cm³/mol. The maximum atomic E-state index is 12.7. The first-order chi connectivity index (χ1) is 18.3. The highest BCUT2D eigenvalue weighted by Gasteiger charge is 2.43. The van der Waals surface area contributed by atoms with E-state index in [2.05, 4.69) is 9.72 Å². The molecular weight excluding hydrogens is 537 g/mol. The Kier molecular flexibility index (Phi) is 8.46. The van der Waals surface area contributed by atoms with Crippen LogP contribution in [-0.2, 0) is 26.7 Å². The van der Waals surface area contributed by atoms with Gasteiger partial charge in [0.1, 0.15) is 11.4 Å². The summed E-state index contributed by atoms with van der Waals surface area (Å²) in [5.74, 6) is 0.181. The third-order valence-corrected chi connectivity index (χ3v) is 9.12. The van der Waals surface area contributed by atoms with Crippen molar-refractivity contribution in [1.82, 2.24) is 9.88 Å². The number of hydrogen-bond donors (Lipinski definition) is 1.